The van der Waals surface area contributed by atoms with E-state index in [4.69, 9.17) is 0 Å². The van der Waals surface area contributed by atoms with Crippen LogP contribution in [0.4, 0.5) is 19.3 Å². The number of sulfonamides is 1. The molecule has 0 unspecified atom stereocenters. The van der Waals surface area contributed by atoms with E-state index >= 15 is 0 Å². The average Bonchev–Trinajstić information content (AvgIpc) is 3.26. The number of hydrogen-bond acceptors (Lipinski definition) is 8. The Kier molecular flexibility index (Phi) is 7.50. The lowest BCUT2D eigenvalue weighted by molar-refractivity contribution is 0.114. The van der Waals surface area contributed by atoms with Crippen molar-refractivity contribution >= 4 is 38.6 Å². The van der Waals surface area contributed by atoms with Gasteiger partial charge in [-0.3, -0.25) is 4.40 Å². The summed E-state index contributed by atoms with van der Waals surface area (Å²) < 4.78 is 57.8. The molecule has 0 spiro atoms. The van der Waals surface area contributed by atoms with E-state index in [2.05, 4.69) is 24.8 Å². The van der Waals surface area contributed by atoms with E-state index in [1.807, 2.05) is 32.6 Å². The minimum atomic E-state index is -3.91. The number of nitrogens with one attached hydrogen (secondary N) is 1. The van der Waals surface area contributed by atoms with Crippen molar-refractivity contribution in [1.82, 2.24) is 34.1 Å². The maximum Gasteiger partial charge on any atom is 0.320 e. The number of fused-ring (bicyclic) bond motifs is 1. The number of halogens is 2. The van der Waals surface area contributed by atoms with Crippen LogP contribution in [0.3, 0.4) is 0 Å². The number of rotatable bonds is 8. The van der Waals surface area contributed by atoms with Crippen molar-refractivity contribution in [3.05, 3.63) is 23.5 Å². The van der Waals surface area contributed by atoms with Crippen LogP contribution >= 0.6 is 11.3 Å². The number of pyridine rings is 1. The molecule has 0 radical (unpaired) electrons. The maximum atomic E-state index is 13.5. The van der Waals surface area contributed by atoms with Gasteiger partial charge in [-0.05, 0) is 46.1 Å². The average molecular weight is 597 g/mol. The summed E-state index contributed by atoms with van der Waals surface area (Å²) in [5.74, 6) is 0.228. The van der Waals surface area contributed by atoms with Crippen LogP contribution in [0.2, 0.25) is 0 Å². The van der Waals surface area contributed by atoms with Crippen LogP contribution in [0.15, 0.2) is 23.4 Å². The second-order valence-electron chi connectivity index (χ2n) is 11.0. The highest BCUT2D eigenvalue weighted by molar-refractivity contribution is 7.89. The monoisotopic (exact) mass is 596 g/mol. The fourth-order valence-corrected chi connectivity index (χ4v) is 7.40. The van der Waals surface area contributed by atoms with E-state index in [-0.39, 0.29) is 33.8 Å². The zero-order valence-electron chi connectivity index (χ0n) is 23.1. The molecule has 1 saturated heterocycles. The van der Waals surface area contributed by atoms with Crippen LogP contribution in [0.25, 0.3) is 16.3 Å². The number of amides is 2. The zero-order valence-corrected chi connectivity index (χ0v) is 24.8. The molecule has 11 nitrogen and oxygen atoms in total. The van der Waals surface area contributed by atoms with Gasteiger partial charge in [-0.25, -0.2) is 31.7 Å². The third-order valence-electron chi connectivity index (χ3n) is 7.47. The van der Waals surface area contributed by atoms with E-state index in [0.29, 0.717) is 42.2 Å². The van der Waals surface area contributed by atoms with E-state index < -0.39 is 27.0 Å². The van der Waals surface area contributed by atoms with E-state index in [1.165, 1.54) is 6.20 Å². The molecule has 1 aliphatic carbocycles. The second kappa shape index (κ2) is 10.5. The maximum absolute atomic E-state index is 13.5. The number of carbonyl (C=O) groups excluding carboxylic acids is 1. The second-order valence-corrected chi connectivity index (χ2v) is 13.7. The Labute approximate surface area is 236 Å². The summed E-state index contributed by atoms with van der Waals surface area (Å²) in [5, 5.41) is 7.20. The molecule has 2 fully saturated rings. The predicted octanol–water partition coefficient (Wildman–Crippen LogP) is 3.98. The van der Waals surface area contributed by atoms with Crippen molar-refractivity contribution in [2.24, 2.45) is 0 Å². The number of hydrogen-bond donors (Lipinski definition) is 1. The number of carbonyl (C=O) groups is 1. The predicted molar refractivity (Wildman–Crippen MR) is 148 cm³/mol. The largest absolute Gasteiger partial charge is 0.366 e. The molecule has 2 atom stereocenters. The van der Waals surface area contributed by atoms with Gasteiger partial charge in [0, 0.05) is 50.5 Å². The van der Waals surface area contributed by atoms with Crippen LogP contribution in [0.1, 0.15) is 58.4 Å². The molecule has 218 valence electrons. The van der Waals surface area contributed by atoms with Crippen molar-refractivity contribution in [2.45, 2.75) is 75.9 Å². The highest BCUT2D eigenvalue weighted by atomic mass is 32.2. The molecule has 40 heavy (non-hydrogen) atoms. The summed E-state index contributed by atoms with van der Waals surface area (Å²) in [5.41, 5.74) is 0.730. The normalized spacial score (nSPS) is 20.9. The summed E-state index contributed by atoms with van der Waals surface area (Å²) in [7, 11) is -2.12. The van der Waals surface area contributed by atoms with Gasteiger partial charge in [0.2, 0.25) is 10.0 Å². The molecule has 4 heterocycles. The highest BCUT2D eigenvalue weighted by Crippen LogP contribution is 2.38. The third kappa shape index (κ3) is 5.38. The lowest BCUT2D eigenvalue weighted by Crippen LogP contribution is -2.61. The van der Waals surface area contributed by atoms with E-state index in [9.17, 15) is 22.0 Å². The molecule has 15 heteroatoms. The molecule has 1 aliphatic heterocycles. The van der Waals surface area contributed by atoms with Gasteiger partial charge in [-0.2, -0.15) is 0 Å². The molecule has 2 amide bonds. The molecule has 2 aliphatic rings. The lowest BCUT2D eigenvalue weighted by atomic mass is 10.1. The van der Waals surface area contributed by atoms with Gasteiger partial charge in [-0.1, -0.05) is 18.3 Å². The Bertz CT molecular complexity index is 1510. The zero-order chi connectivity index (χ0) is 29.0. The van der Waals surface area contributed by atoms with Crippen LogP contribution in [-0.2, 0) is 10.0 Å². The summed E-state index contributed by atoms with van der Waals surface area (Å²) in [6.45, 7) is 9.42. The number of piperazine rings is 1. The molecular formula is C25H34F2N8O3S2. The molecule has 3 aromatic heterocycles. The van der Waals surface area contributed by atoms with Crippen molar-refractivity contribution in [3.63, 3.8) is 0 Å². The van der Waals surface area contributed by atoms with Gasteiger partial charge in [-0.15, -0.1) is 10.2 Å². The van der Waals surface area contributed by atoms with Gasteiger partial charge >= 0.3 is 6.03 Å². The number of imidazole rings is 1. The highest BCUT2D eigenvalue weighted by Gasteiger charge is 2.42. The van der Waals surface area contributed by atoms with Gasteiger partial charge in [0.1, 0.15) is 4.90 Å². The first-order valence-corrected chi connectivity index (χ1v) is 15.6. The number of nitrogens with zero attached hydrogens (tertiary/aromatic N) is 7. The molecule has 1 N–H and O–H groups in total. The van der Waals surface area contributed by atoms with Crippen LogP contribution in [0.5, 0.6) is 0 Å². The first-order valence-electron chi connectivity index (χ1n) is 13.3. The molecular weight excluding hydrogens is 562 g/mol. The molecule has 5 rings (SSSR count). The lowest BCUT2D eigenvalue weighted by Gasteiger charge is -2.46. The molecule has 0 bridgehead atoms. The summed E-state index contributed by atoms with van der Waals surface area (Å²) in [4.78, 5) is 23.3. The summed E-state index contributed by atoms with van der Waals surface area (Å²) >= 11 is 0.716. The number of aromatic nitrogens is 4. The fraction of sp³-hybridized carbons (Fsp3) is 0.600. The smallest absolute Gasteiger partial charge is 0.320 e. The first kappa shape index (κ1) is 28.6. The van der Waals surface area contributed by atoms with E-state index in [1.54, 1.807) is 28.6 Å². The standard InChI is InChI=1S/C25H34F2N8O3S2/c1-6-9-32(5)24(36)35-15(2)12-33(13-16(35)3)18-10-17(40(37,38)31-25(4)7-8-25)14-34-19(18)11-28-21(34)23-30-29-22(39-23)20(26)27/h10-11,14-16,20,31H,6-9,12-13H2,1-5H3/t15-,16-/m0/s1. The van der Waals surface area contributed by atoms with Crippen LogP contribution in [0, 0.1) is 0 Å². The van der Waals surface area contributed by atoms with Crippen molar-refractivity contribution in [2.75, 3.05) is 31.6 Å². The molecule has 0 aromatic carbocycles. The Morgan fingerprint density at radius 2 is 1.93 bits per heavy atom. The topological polar surface area (TPSA) is 116 Å². The van der Waals surface area contributed by atoms with Gasteiger partial charge in [0.25, 0.3) is 6.43 Å². The van der Waals surface area contributed by atoms with Crippen molar-refractivity contribution < 1.29 is 22.0 Å². The fourth-order valence-electron chi connectivity index (χ4n) is 5.22. The Morgan fingerprint density at radius 1 is 1.25 bits per heavy atom. The van der Waals surface area contributed by atoms with E-state index in [0.717, 1.165) is 19.3 Å². The third-order valence-corrected chi connectivity index (χ3v) is 10.0. The van der Waals surface area contributed by atoms with Crippen LogP contribution < -0.4 is 9.62 Å². The Hall–Kier alpha value is -2.91. The minimum absolute atomic E-state index is 0.0301. The summed E-state index contributed by atoms with van der Waals surface area (Å²) in [6.07, 6.45) is 2.61. The Morgan fingerprint density at radius 3 is 2.50 bits per heavy atom. The van der Waals surface area contributed by atoms with Crippen molar-refractivity contribution in [3.8, 4) is 10.8 Å². The van der Waals surface area contributed by atoms with Gasteiger partial charge in [0.05, 0.1) is 17.4 Å². The molecule has 1 saturated carbocycles. The van der Waals surface area contributed by atoms with Gasteiger partial charge in [0.15, 0.2) is 15.8 Å². The SMILES string of the molecule is CCCN(C)C(=O)N1[C@@H](C)CN(c2cc(S(=O)(=O)NC3(C)CC3)cn3c(-c4nnc(C(F)F)s4)ncc23)C[C@@H]1C. The summed E-state index contributed by atoms with van der Waals surface area (Å²) in [6, 6.07) is 1.28. The number of urea groups is 1. The van der Waals surface area contributed by atoms with Gasteiger partial charge < -0.3 is 14.7 Å². The molecule has 3 aromatic rings. The quantitative estimate of drug-likeness (QED) is 0.418. The Balaban J connectivity index is 1.57. The number of alkyl halides is 2. The van der Waals surface area contributed by atoms with Crippen molar-refractivity contribution in [1.29, 1.82) is 0 Å². The number of anilines is 1. The minimum Gasteiger partial charge on any atom is -0.366 e. The van der Waals surface area contributed by atoms with Crippen LogP contribution in [-0.4, -0.2) is 88.1 Å². The first-order chi connectivity index (χ1) is 18.8.